The number of aromatic nitrogens is 3. The molecule has 2 heterocycles. The number of fused-ring (bicyclic) bond motifs is 1. The van der Waals surface area contributed by atoms with Crippen LogP contribution in [0.1, 0.15) is 11.1 Å². The minimum atomic E-state index is -0.149. The van der Waals surface area contributed by atoms with Crippen molar-refractivity contribution in [3.63, 3.8) is 0 Å². The molecule has 0 aliphatic carbocycles. The monoisotopic (exact) mass is 476 g/mol. The maximum absolute atomic E-state index is 13.5. The molecule has 2 aromatic heterocycles. The fraction of sp³-hybridized carbons (Fsp3) is 0.269. The van der Waals surface area contributed by atoms with E-state index >= 15 is 0 Å². The van der Waals surface area contributed by atoms with Gasteiger partial charge in [0.1, 0.15) is 11.0 Å². The van der Waals surface area contributed by atoms with Crippen molar-refractivity contribution in [1.29, 1.82) is 0 Å². The van der Waals surface area contributed by atoms with Gasteiger partial charge in [-0.2, -0.15) is 0 Å². The molecule has 0 fully saturated rings. The van der Waals surface area contributed by atoms with Gasteiger partial charge in [0.25, 0.3) is 5.56 Å². The molecule has 0 saturated heterocycles. The van der Waals surface area contributed by atoms with Crippen LogP contribution in [0.25, 0.3) is 22.2 Å². The highest BCUT2D eigenvalue weighted by Crippen LogP contribution is 2.29. The van der Waals surface area contributed by atoms with Gasteiger partial charge in [0, 0.05) is 31.6 Å². The van der Waals surface area contributed by atoms with Crippen molar-refractivity contribution < 1.29 is 9.53 Å². The number of amides is 1. The number of methoxy groups -OCH3 is 1. The molecule has 34 heavy (non-hydrogen) atoms. The lowest BCUT2D eigenvalue weighted by atomic mass is 10.1. The molecule has 1 amide bonds. The molecule has 0 radical (unpaired) electrons. The minimum Gasteiger partial charge on any atom is -0.383 e. The molecular formula is C26H28N4O3S. The molecule has 7 nitrogen and oxygen atoms in total. The number of hydrogen-bond acceptors (Lipinski definition) is 5. The van der Waals surface area contributed by atoms with Crippen LogP contribution in [0.5, 0.6) is 0 Å². The number of thioether (sulfide) groups is 1. The van der Waals surface area contributed by atoms with Gasteiger partial charge in [-0.05, 0) is 30.5 Å². The van der Waals surface area contributed by atoms with Crippen LogP contribution < -0.4 is 10.9 Å². The van der Waals surface area contributed by atoms with Crippen molar-refractivity contribution in [2.45, 2.75) is 25.5 Å². The van der Waals surface area contributed by atoms with E-state index in [1.54, 1.807) is 11.7 Å². The number of aryl methyl sites for hydroxylation is 3. The predicted molar refractivity (Wildman–Crippen MR) is 138 cm³/mol. The first kappa shape index (κ1) is 23.8. The topological polar surface area (TPSA) is 78.2 Å². The Bertz CT molecular complexity index is 1370. The van der Waals surface area contributed by atoms with Crippen LogP contribution in [0.4, 0.5) is 5.69 Å². The van der Waals surface area contributed by atoms with Gasteiger partial charge in [-0.15, -0.1) is 0 Å². The molecular weight excluding hydrogens is 448 g/mol. The zero-order chi connectivity index (χ0) is 24.2. The van der Waals surface area contributed by atoms with Gasteiger partial charge in [0.05, 0.1) is 18.9 Å². The molecule has 0 bridgehead atoms. The number of hydrogen-bond donors (Lipinski definition) is 1. The predicted octanol–water partition coefficient (Wildman–Crippen LogP) is 4.40. The lowest BCUT2D eigenvalue weighted by Crippen LogP contribution is -2.27. The van der Waals surface area contributed by atoms with Crippen molar-refractivity contribution in [2.24, 2.45) is 7.05 Å². The van der Waals surface area contributed by atoms with Gasteiger partial charge in [-0.25, -0.2) is 4.98 Å². The third kappa shape index (κ3) is 4.78. The van der Waals surface area contributed by atoms with E-state index in [0.29, 0.717) is 29.3 Å². The Morgan fingerprint density at radius 3 is 2.47 bits per heavy atom. The van der Waals surface area contributed by atoms with E-state index in [4.69, 9.17) is 9.72 Å². The number of carbonyl (C=O) groups excluding carboxylic acids is 1. The number of ether oxygens (including phenoxy) is 1. The summed E-state index contributed by atoms with van der Waals surface area (Å²) in [5.74, 6) is -0.0157. The van der Waals surface area contributed by atoms with Crippen LogP contribution in [-0.4, -0.2) is 39.5 Å². The summed E-state index contributed by atoms with van der Waals surface area (Å²) in [6.45, 7) is 4.65. The third-order valence-electron chi connectivity index (χ3n) is 5.72. The molecule has 0 unspecified atom stereocenters. The Morgan fingerprint density at radius 2 is 1.79 bits per heavy atom. The normalized spacial score (nSPS) is 11.2. The highest BCUT2D eigenvalue weighted by Gasteiger charge is 2.19. The maximum atomic E-state index is 13.5. The van der Waals surface area contributed by atoms with Gasteiger partial charge >= 0.3 is 0 Å². The second-order valence-electron chi connectivity index (χ2n) is 8.16. The van der Waals surface area contributed by atoms with Crippen molar-refractivity contribution in [2.75, 3.05) is 24.8 Å². The summed E-state index contributed by atoms with van der Waals surface area (Å²) in [7, 11) is 3.45. The first-order chi connectivity index (χ1) is 16.4. The van der Waals surface area contributed by atoms with E-state index < -0.39 is 0 Å². The molecule has 0 saturated carbocycles. The van der Waals surface area contributed by atoms with Crippen LogP contribution in [0, 0.1) is 13.8 Å². The molecule has 1 N–H and O–H groups in total. The smallest absolute Gasteiger partial charge is 0.278 e. The van der Waals surface area contributed by atoms with Crippen molar-refractivity contribution in [3.05, 3.63) is 76.2 Å². The van der Waals surface area contributed by atoms with E-state index in [1.165, 1.54) is 11.8 Å². The van der Waals surface area contributed by atoms with E-state index in [-0.39, 0.29) is 17.2 Å². The lowest BCUT2D eigenvalue weighted by Gasteiger charge is -2.14. The fourth-order valence-corrected chi connectivity index (χ4v) is 4.80. The molecule has 0 atom stereocenters. The first-order valence-corrected chi connectivity index (χ1v) is 12.0. The molecule has 4 aromatic rings. The summed E-state index contributed by atoms with van der Waals surface area (Å²) >= 11 is 1.25. The number of rotatable bonds is 8. The molecule has 8 heteroatoms. The quantitative estimate of drug-likeness (QED) is 0.301. The standard InChI is InChI=1S/C26H28N4O3S/c1-17-9-8-10-18(2)22(17)27-21(31)16-34-26-28-23-20(19-11-6-5-7-12-19)15-29(3)24(23)25(32)30(26)13-14-33-4/h5-12,15H,13-14,16H2,1-4H3,(H,27,31). The number of para-hydroxylation sites is 1. The number of nitrogens with one attached hydrogen (secondary N) is 1. The van der Waals surface area contributed by atoms with Crippen LogP contribution in [0.3, 0.4) is 0 Å². The molecule has 0 spiro atoms. The lowest BCUT2D eigenvalue weighted by molar-refractivity contribution is -0.113. The van der Waals surface area contributed by atoms with Gasteiger partial charge in [0.15, 0.2) is 5.16 Å². The zero-order valence-electron chi connectivity index (χ0n) is 19.8. The summed E-state index contributed by atoms with van der Waals surface area (Å²) < 4.78 is 8.63. The Kier molecular flexibility index (Phi) is 7.19. The minimum absolute atomic E-state index is 0.131. The van der Waals surface area contributed by atoms with E-state index in [2.05, 4.69) is 5.32 Å². The van der Waals surface area contributed by atoms with Crippen LogP contribution in [0.15, 0.2) is 64.7 Å². The number of anilines is 1. The Morgan fingerprint density at radius 1 is 1.09 bits per heavy atom. The number of nitrogens with zero attached hydrogens (tertiary/aromatic N) is 3. The van der Waals surface area contributed by atoms with E-state index in [1.807, 2.05) is 80.2 Å². The zero-order valence-corrected chi connectivity index (χ0v) is 20.6. The molecule has 176 valence electrons. The highest BCUT2D eigenvalue weighted by atomic mass is 32.2. The average Bonchev–Trinajstić information content (AvgIpc) is 3.16. The van der Waals surface area contributed by atoms with Crippen molar-refractivity contribution >= 4 is 34.4 Å². The number of carbonyl (C=O) groups is 1. The summed E-state index contributed by atoms with van der Waals surface area (Å²) in [5, 5.41) is 3.50. The molecule has 0 aliphatic rings. The second-order valence-corrected chi connectivity index (χ2v) is 9.11. The summed E-state index contributed by atoms with van der Waals surface area (Å²) in [6.07, 6.45) is 1.93. The van der Waals surface area contributed by atoms with Crippen molar-refractivity contribution in [3.8, 4) is 11.1 Å². The summed E-state index contributed by atoms with van der Waals surface area (Å²) in [6, 6.07) is 15.8. The Balaban J connectivity index is 1.70. The summed E-state index contributed by atoms with van der Waals surface area (Å²) in [4.78, 5) is 31.1. The molecule has 0 aliphatic heterocycles. The second kappa shape index (κ2) is 10.3. The largest absolute Gasteiger partial charge is 0.383 e. The van der Waals surface area contributed by atoms with Gasteiger partial charge < -0.3 is 14.6 Å². The SMILES string of the molecule is COCCn1c(SCC(=O)Nc2c(C)cccc2C)nc2c(-c3ccccc3)cn(C)c2c1=O. The average molecular weight is 477 g/mol. The van der Waals surface area contributed by atoms with Crippen LogP contribution >= 0.6 is 11.8 Å². The molecule has 2 aromatic carbocycles. The van der Waals surface area contributed by atoms with E-state index in [9.17, 15) is 9.59 Å². The summed E-state index contributed by atoms with van der Waals surface area (Å²) in [5.41, 5.74) is 5.71. The van der Waals surface area contributed by atoms with Crippen molar-refractivity contribution in [1.82, 2.24) is 14.1 Å². The first-order valence-electron chi connectivity index (χ1n) is 11.0. The Hall–Kier alpha value is -3.36. The third-order valence-corrected chi connectivity index (χ3v) is 6.70. The fourth-order valence-electron chi connectivity index (χ4n) is 3.99. The van der Waals surface area contributed by atoms with Gasteiger partial charge in [-0.1, -0.05) is 60.3 Å². The van der Waals surface area contributed by atoms with Gasteiger partial charge in [-0.3, -0.25) is 14.2 Å². The van der Waals surface area contributed by atoms with Crippen LogP contribution in [0.2, 0.25) is 0 Å². The van der Waals surface area contributed by atoms with Gasteiger partial charge in [0.2, 0.25) is 5.91 Å². The van der Waals surface area contributed by atoms with E-state index in [0.717, 1.165) is 27.9 Å². The number of benzene rings is 2. The highest BCUT2D eigenvalue weighted by molar-refractivity contribution is 7.99. The molecule has 4 rings (SSSR count). The van der Waals surface area contributed by atoms with Crippen LogP contribution in [-0.2, 0) is 23.1 Å². The Labute approximate surface area is 202 Å². The maximum Gasteiger partial charge on any atom is 0.278 e.